The van der Waals surface area contributed by atoms with Gasteiger partial charge in [0.1, 0.15) is 5.82 Å². The summed E-state index contributed by atoms with van der Waals surface area (Å²) in [5.41, 5.74) is 9.72. The summed E-state index contributed by atoms with van der Waals surface area (Å²) in [5.74, 6) is -0.639. The molecule has 5 rings (SSSR count). The molecule has 2 amide bonds. The van der Waals surface area contributed by atoms with Crippen LogP contribution >= 0.6 is 0 Å². The fourth-order valence-electron chi connectivity index (χ4n) is 4.68. The number of para-hydroxylation sites is 1. The van der Waals surface area contributed by atoms with Gasteiger partial charge in [-0.05, 0) is 55.6 Å². The standard InChI is InChI=1S/C17H16N4O.C13H17F2NO/c1-12-15(13-8-4-2-5-9-13)20-21(16(12)19-17(18)22)14-10-6-3-7-11-14;1-17-7-6-16-5-4-11(9-16)10-2-3-12(14)13(15)8-10/h2-11H,1H3,(H3,18,19,22);2-3,8,11H,4-7,9H2,1H3. The third-order valence-electron chi connectivity index (χ3n) is 6.71. The number of anilines is 1. The highest BCUT2D eigenvalue weighted by Crippen LogP contribution is 2.30. The van der Waals surface area contributed by atoms with Gasteiger partial charge in [0.15, 0.2) is 11.6 Å². The van der Waals surface area contributed by atoms with Gasteiger partial charge in [-0.25, -0.2) is 18.3 Å². The van der Waals surface area contributed by atoms with E-state index in [9.17, 15) is 13.6 Å². The molecule has 7 nitrogen and oxygen atoms in total. The summed E-state index contributed by atoms with van der Waals surface area (Å²) in [6.07, 6.45) is 0.995. The van der Waals surface area contributed by atoms with Gasteiger partial charge in [0.25, 0.3) is 0 Å². The number of methoxy groups -OCH3 is 1. The van der Waals surface area contributed by atoms with Crippen LogP contribution in [0.2, 0.25) is 0 Å². The molecule has 1 aliphatic rings. The monoisotopic (exact) mass is 533 g/mol. The number of rotatable bonds is 7. The van der Waals surface area contributed by atoms with Gasteiger partial charge in [0, 0.05) is 31.3 Å². The van der Waals surface area contributed by atoms with Gasteiger partial charge in [0.2, 0.25) is 0 Å². The van der Waals surface area contributed by atoms with Crippen molar-refractivity contribution in [1.82, 2.24) is 14.7 Å². The molecule has 1 atom stereocenters. The molecule has 1 fully saturated rings. The van der Waals surface area contributed by atoms with Crippen molar-refractivity contribution in [3.8, 4) is 16.9 Å². The van der Waals surface area contributed by atoms with Crippen LogP contribution in [0.25, 0.3) is 16.9 Å². The van der Waals surface area contributed by atoms with Crippen LogP contribution in [0, 0.1) is 18.6 Å². The zero-order valence-corrected chi connectivity index (χ0v) is 22.1. The first-order valence-corrected chi connectivity index (χ1v) is 12.8. The SMILES string of the molecule is COCCN1CCC(c2ccc(F)c(F)c2)C1.Cc1c(-c2ccccc2)nn(-c2ccccc2)c1NC(N)=O. The normalized spacial score (nSPS) is 15.0. The Balaban J connectivity index is 0.000000187. The predicted molar refractivity (Wildman–Crippen MR) is 149 cm³/mol. The van der Waals surface area contributed by atoms with E-state index in [0.29, 0.717) is 18.3 Å². The topological polar surface area (TPSA) is 85.4 Å². The number of likely N-dealkylation sites (tertiary alicyclic amines) is 1. The second-order valence-electron chi connectivity index (χ2n) is 9.38. The highest BCUT2D eigenvalue weighted by molar-refractivity contribution is 5.89. The molecule has 0 aliphatic carbocycles. The van der Waals surface area contributed by atoms with Crippen molar-refractivity contribution in [1.29, 1.82) is 0 Å². The van der Waals surface area contributed by atoms with E-state index in [4.69, 9.17) is 10.5 Å². The summed E-state index contributed by atoms with van der Waals surface area (Å²) in [4.78, 5) is 13.6. The zero-order chi connectivity index (χ0) is 27.8. The van der Waals surface area contributed by atoms with Crippen molar-refractivity contribution in [3.05, 3.63) is 102 Å². The number of nitrogens with two attached hydrogens (primary N) is 1. The second-order valence-corrected chi connectivity index (χ2v) is 9.38. The van der Waals surface area contributed by atoms with E-state index >= 15 is 0 Å². The molecule has 3 aromatic carbocycles. The Morgan fingerprint density at radius 1 is 1.05 bits per heavy atom. The largest absolute Gasteiger partial charge is 0.383 e. The van der Waals surface area contributed by atoms with Crippen LogP contribution in [0.4, 0.5) is 19.4 Å². The van der Waals surface area contributed by atoms with Crippen molar-refractivity contribution >= 4 is 11.8 Å². The molecule has 9 heteroatoms. The van der Waals surface area contributed by atoms with Crippen LogP contribution in [0.3, 0.4) is 0 Å². The average molecular weight is 534 g/mol. The smallest absolute Gasteiger partial charge is 0.317 e. The van der Waals surface area contributed by atoms with Gasteiger partial charge in [-0.2, -0.15) is 5.10 Å². The molecule has 0 bridgehead atoms. The van der Waals surface area contributed by atoms with Crippen LogP contribution in [-0.2, 0) is 4.74 Å². The van der Waals surface area contributed by atoms with Gasteiger partial charge in [0.05, 0.1) is 18.0 Å². The first kappa shape index (κ1) is 27.9. The molecule has 0 radical (unpaired) electrons. The summed E-state index contributed by atoms with van der Waals surface area (Å²) in [6.45, 7) is 5.42. The van der Waals surface area contributed by atoms with E-state index in [0.717, 1.165) is 54.1 Å². The number of halogens is 2. The lowest BCUT2D eigenvalue weighted by atomic mass is 9.98. The van der Waals surface area contributed by atoms with Crippen LogP contribution in [-0.4, -0.2) is 54.1 Å². The van der Waals surface area contributed by atoms with Crippen LogP contribution in [0.15, 0.2) is 78.9 Å². The van der Waals surface area contributed by atoms with Crippen LogP contribution in [0.1, 0.15) is 23.5 Å². The van der Waals surface area contributed by atoms with E-state index in [1.54, 1.807) is 17.9 Å². The van der Waals surface area contributed by atoms with Crippen molar-refractivity contribution in [3.63, 3.8) is 0 Å². The second kappa shape index (κ2) is 13.1. The number of benzene rings is 3. The third-order valence-corrected chi connectivity index (χ3v) is 6.71. The van der Waals surface area contributed by atoms with Crippen molar-refractivity contribution in [2.45, 2.75) is 19.3 Å². The molecule has 1 saturated heterocycles. The highest BCUT2D eigenvalue weighted by atomic mass is 19.2. The summed E-state index contributed by atoms with van der Waals surface area (Å²) in [5, 5.41) is 7.32. The maximum absolute atomic E-state index is 13.1. The number of amides is 2. The summed E-state index contributed by atoms with van der Waals surface area (Å²) >= 11 is 0. The number of nitrogens with zero attached hydrogens (tertiary/aromatic N) is 3. The Kier molecular flexibility index (Phi) is 9.40. The number of carbonyl (C=O) groups is 1. The highest BCUT2D eigenvalue weighted by Gasteiger charge is 2.24. The lowest BCUT2D eigenvalue weighted by Crippen LogP contribution is -2.24. The number of nitrogens with one attached hydrogen (secondary N) is 1. The number of carbonyl (C=O) groups excluding carboxylic acids is 1. The fraction of sp³-hybridized carbons (Fsp3) is 0.267. The minimum absolute atomic E-state index is 0.307. The number of urea groups is 1. The molecule has 1 aliphatic heterocycles. The Labute approximate surface area is 227 Å². The summed E-state index contributed by atoms with van der Waals surface area (Å²) in [6, 6.07) is 23.1. The van der Waals surface area contributed by atoms with Gasteiger partial charge in [-0.3, -0.25) is 5.32 Å². The molecule has 3 N–H and O–H groups in total. The van der Waals surface area contributed by atoms with Gasteiger partial charge >= 0.3 is 6.03 Å². The predicted octanol–water partition coefficient (Wildman–Crippen LogP) is 5.74. The number of ether oxygens (including phenoxy) is 1. The molecule has 2 heterocycles. The van der Waals surface area contributed by atoms with Gasteiger partial charge in [-0.1, -0.05) is 54.6 Å². The quantitative estimate of drug-likeness (QED) is 0.317. The van der Waals surface area contributed by atoms with Crippen molar-refractivity contribution in [2.24, 2.45) is 5.73 Å². The molecule has 0 spiro atoms. The zero-order valence-electron chi connectivity index (χ0n) is 22.1. The van der Waals surface area contributed by atoms with Gasteiger partial charge in [-0.15, -0.1) is 0 Å². The Morgan fingerprint density at radius 2 is 1.74 bits per heavy atom. The molecular weight excluding hydrogens is 500 g/mol. The van der Waals surface area contributed by atoms with Crippen LogP contribution in [0.5, 0.6) is 0 Å². The molecule has 0 saturated carbocycles. The van der Waals surface area contributed by atoms with Crippen molar-refractivity contribution < 1.29 is 18.3 Å². The molecule has 1 aromatic heterocycles. The maximum Gasteiger partial charge on any atom is 0.317 e. The number of hydrogen-bond acceptors (Lipinski definition) is 4. The van der Waals surface area contributed by atoms with E-state index in [2.05, 4.69) is 15.3 Å². The van der Waals surface area contributed by atoms with E-state index in [1.807, 2.05) is 67.6 Å². The minimum Gasteiger partial charge on any atom is -0.383 e. The minimum atomic E-state index is -0.775. The molecule has 39 heavy (non-hydrogen) atoms. The lowest BCUT2D eigenvalue weighted by molar-refractivity contribution is 0.160. The van der Waals surface area contributed by atoms with Crippen LogP contribution < -0.4 is 11.1 Å². The fourth-order valence-corrected chi connectivity index (χ4v) is 4.68. The molecule has 204 valence electrons. The Hall–Kier alpha value is -4.08. The Bertz CT molecular complexity index is 1380. The third kappa shape index (κ3) is 7.07. The van der Waals surface area contributed by atoms with Gasteiger partial charge < -0.3 is 15.4 Å². The summed E-state index contributed by atoms with van der Waals surface area (Å²) in [7, 11) is 1.68. The number of aromatic nitrogens is 2. The average Bonchev–Trinajstić information content (AvgIpc) is 3.55. The van der Waals surface area contributed by atoms with Crippen molar-refractivity contribution in [2.75, 3.05) is 38.7 Å². The molecule has 1 unspecified atom stereocenters. The number of primary amides is 1. The maximum atomic E-state index is 13.1. The first-order chi connectivity index (χ1) is 18.9. The lowest BCUT2D eigenvalue weighted by Gasteiger charge is -2.15. The van der Waals surface area contributed by atoms with E-state index in [-0.39, 0.29) is 0 Å². The summed E-state index contributed by atoms with van der Waals surface area (Å²) < 4.78 is 32.7. The Morgan fingerprint density at radius 3 is 2.38 bits per heavy atom. The first-order valence-electron chi connectivity index (χ1n) is 12.8. The molecule has 4 aromatic rings. The molecular formula is C30H33F2N5O2. The van der Waals surface area contributed by atoms with E-state index < -0.39 is 17.7 Å². The number of hydrogen-bond donors (Lipinski definition) is 2. The van der Waals surface area contributed by atoms with E-state index in [1.165, 1.54) is 12.1 Å².